The molecule has 0 aromatic carbocycles. The van der Waals surface area contributed by atoms with Crippen LogP contribution in [0, 0.1) is 0 Å². The number of carbonyl (C=O) groups is 4. The maximum atomic E-state index is 10.9. The minimum absolute atomic E-state index is 0. The van der Waals surface area contributed by atoms with Crippen molar-refractivity contribution in [3.05, 3.63) is 0 Å². The van der Waals surface area contributed by atoms with Gasteiger partial charge in [0.2, 0.25) is 0 Å². The van der Waals surface area contributed by atoms with E-state index in [9.17, 15) is 19.2 Å². The quantitative estimate of drug-likeness (QED) is 0.343. The van der Waals surface area contributed by atoms with E-state index in [1.165, 1.54) is 13.8 Å². The summed E-state index contributed by atoms with van der Waals surface area (Å²) >= 11 is 0. The number of carbonyl (C=O) groups excluding carboxylic acids is 2. The van der Waals surface area contributed by atoms with Crippen molar-refractivity contribution in [2.45, 2.75) is 58.7 Å². The second-order valence-corrected chi connectivity index (χ2v) is 5.25. The number of hydrogen-bond acceptors (Lipinski definition) is 8. The molecule has 0 amide bonds. The van der Waals surface area contributed by atoms with Gasteiger partial charge in [0.25, 0.3) is 0 Å². The van der Waals surface area contributed by atoms with Gasteiger partial charge >= 0.3 is 17.9 Å². The van der Waals surface area contributed by atoms with Crippen molar-refractivity contribution in [1.82, 2.24) is 0 Å². The minimum Gasteiger partial charge on any atom is -0.481 e. The van der Waals surface area contributed by atoms with Crippen molar-refractivity contribution in [1.29, 1.82) is 0 Å². The summed E-state index contributed by atoms with van der Waals surface area (Å²) < 4.78 is 9.71. The highest BCUT2D eigenvalue weighted by atomic mass is 32.1. The molecule has 0 aliphatic heterocycles. The molecule has 0 aromatic rings. The normalized spacial score (nSPS) is 10.8. The van der Waals surface area contributed by atoms with Gasteiger partial charge in [-0.25, -0.2) is 0 Å². The first-order valence-corrected chi connectivity index (χ1v) is 7.86. The molecule has 0 aliphatic rings. The van der Waals surface area contributed by atoms with Crippen LogP contribution in [-0.4, -0.2) is 76.6 Å². The lowest BCUT2D eigenvalue weighted by molar-refractivity contribution is -0.147. The Balaban J connectivity index is -0.000000101. The maximum absolute atomic E-state index is 10.9. The monoisotopic (exact) mass is 450 g/mol. The van der Waals surface area contributed by atoms with E-state index in [1.807, 2.05) is 0 Å². The molecule has 0 rings (SSSR count). The van der Waals surface area contributed by atoms with E-state index < -0.39 is 18.0 Å². The molecule has 4 N–H and O–H groups in total. The SMILES string of the molecule is CO[C@@H](C)COC(=O)CCC(C)=O.C[C@H](O)CO.O=C(O)CCC(=O)O.S.S. The first kappa shape index (κ1) is 37.4. The molecule has 0 fully saturated rings. The van der Waals surface area contributed by atoms with Crippen molar-refractivity contribution in [2.75, 3.05) is 20.3 Å². The zero-order valence-corrected chi connectivity index (χ0v) is 18.6. The number of aliphatic hydroxyl groups is 2. The number of Topliss-reactive ketones (excluding diaryl/α,β-unsaturated/α-hetero) is 1. The molecule has 28 heavy (non-hydrogen) atoms. The topological polar surface area (TPSA) is 168 Å². The van der Waals surface area contributed by atoms with Gasteiger partial charge in [0, 0.05) is 13.5 Å². The average Bonchev–Trinajstić information content (AvgIpc) is 2.56. The third kappa shape index (κ3) is 44.3. The van der Waals surface area contributed by atoms with Gasteiger partial charge in [-0.3, -0.25) is 14.4 Å². The van der Waals surface area contributed by atoms with Crippen LogP contribution >= 0.6 is 27.0 Å². The van der Waals surface area contributed by atoms with E-state index in [1.54, 1.807) is 14.0 Å². The summed E-state index contributed by atoms with van der Waals surface area (Å²) in [5, 5.41) is 31.8. The van der Waals surface area contributed by atoms with Gasteiger partial charge < -0.3 is 34.7 Å². The van der Waals surface area contributed by atoms with Gasteiger partial charge in [-0.15, -0.1) is 0 Å². The molecule has 0 radical (unpaired) electrons. The Kier molecular flexibility index (Phi) is 34.3. The molecule has 2 atom stereocenters. The number of rotatable bonds is 10. The fraction of sp³-hybridized carbons (Fsp3) is 0.750. The van der Waals surface area contributed by atoms with Crippen molar-refractivity contribution in [3.8, 4) is 0 Å². The Bertz CT molecular complexity index is 402. The second kappa shape index (κ2) is 25.7. The predicted octanol–water partition coefficient (Wildman–Crippen LogP) is 0.455. The molecule has 10 nitrogen and oxygen atoms in total. The minimum atomic E-state index is -1.08. The molecule has 0 aliphatic carbocycles. The molecule has 0 unspecified atom stereocenters. The molecule has 0 heterocycles. The zero-order chi connectivity index (χ0) is 21.1. The predicted molar refractivity (Wildman–Crippen MR) is 111 cm³/mol. The Morgan fingerprint density at radius 1 is 0.893 bits per heavy atom. The van der Waals surface area contributed by atoms with Crippen molar-refractivity contribution in [2.24, 2.45) is 0 Å². The molecule has 0 saturated carbocycles. The largest absolute Gasteiger partial charge is 0.481 e. The molecule has 0 aromatic heterocycles. The van der Waals surface area contributed by atoms with Crippen molar-refractivity contribution < 1.29 is 49.1 Å². The molecular formula is C16H34O10S2. The van der Waals surface area contributed by atoms with Gasteiger partial charge in [-0.2, -0.15) is 27.0 Å². The van der Waals surface area contributed by atoms with Gasteiger partial charge in [0.15, 0.2) is 0 Å². The van der Waals surface area contributed by atoms with Crippen LogP contribution in [0.5, 0.6) is 0 Å². The highest BCUT2D eigenvalue weighted by molar-refractivity contribution is 7.59. The van der Waals surface area contributed by atoms with E-state index in [0.29, 0.717) is 0 Å². The van der Waals surface area contributed by atoms with Crippen LogP contribution in [0.2, 0.25) is 0 Å². The fourth-order valence-electron chi connectivity index (χ4n) is 0.842. The van der Waals surface area contributed by atoms with E-state index in [2.05, 4.69) is 0 Å². The number of aliphatic carboxylic acids is 2. The lowest BCUT2D eigenvalue weighted by Crippen LogP contribution is -2.17. The summed E-state index contributed by atoms with van der Waals surface area (Å²) in [6, 6.07) is 0. The van der Waals surface area contributed by atoms with Crippen LogP contribution in [0.25, 0.3) is 0 Å². The summed E-state index contributed by atoms with van der Waals surface area (Å²) in [6.45, 7) is 4.89. The third-order valence-electron chi connectivity index (χ3n) is 2.38. The summed E-state index contributed by atoms with van der Waals surface area (Å²) in [5.41, 5.74) is 0. The number of carboxylic acid groups (broad SMARTS) is 2. The smallest absolute Gasteiger partial charge is 0.306 e. The van der Waals surface area contributed by atoms with Crippen LogP contribution in [0.3, 0.4) is 0 Å². The van der Waals surface area contributed by atoms with E-state index in [4.69, 9.17) is 29.9 Å². The van der Waals surface area contributed by atoms with Crippen LogP contribution in [0.15, 0.2) is 0 Å². The number of esters is 1. The van der Waals surface area contributed by atoms with Crippen LogP contribution in [0.1, 0.15) is 46.5 Å². The van der Waals surface area contributed by atoms with Gasteiger partial charge in [-0.1, -0.05) is 0 Å². The second-order valence-electron chi connectivity index (χ2n) is 5.25. The number of carboxylic acids is 2. The lowest BCUT2D eigenvalue weighted by Gasteiger charge is -2.09. The molecular weight excluding hydrogens is 416 g/mol. The molecule has 0 bridgehead atoms. The van der Waals surface area contributed by atoms with E-state index in [-0.39, 0.29) is 83.7 Å². The number of ether oxygens (including phenoxy) is 2. The molecule has 0 spiro atoms. The molecule has 0 saturated heterocycles. The van der Waals surface area contributed by atoms with Crippen molar-refractivity contribution >= 4 is 50.7 Å². The van der Waals surface area contributed by atoms with Crippen LogP contribution in [0.4, 0.5) is 0 Å². The molecule has 170 valence electrons. The Morgan fingerprint density at radius 3 is 1.54 bits per heavy atom. The fourth-order valence-corrected chi connectivity index (χ4v) is 0.842. The summed E-state index contributed by atoms with van der Waals surface area (Å²) in [6.07, 6.45) is -0.840. The highest BCUT2D eigenvalue weighted by Crippen LogP contribution is 1.96. The number of ketones is 1. The Labute approximate surface area is 179 Å². The van der Waals surface area contributed by atoms with Gasteiger partial charge in [0.05, 0.1) is 38.1 Å². The lowest BCUT2D eigenvalue weighted by atomic mass is 10.2. The summed E-state index contributed by atoms with van der Waals surface area (Å²) in [5.74, 6) is -2.50. The van der Waals surface area contributed by atoms with Crippen LogP contribution < -0.4 is 0 Å². The van der Waals surface area contributed by atoms with E-state index >= 15 is 0 Å². The first-order chi connectivity index (χ1) is 12.0. The standard InChI is InChI=1S/C9H16O4.C4H6O4.C3H8O2.2H2S/c1-7(10)4-5-9(11)13-6-8(2)12-3;5-3(6)1-2-4(7)8;1-3(5)2-4;;/h8H,4-6H2,1-3H3;1-2H2,(H,5,6)(H,7,8);3-5H,2H2,1H3;2*1H2/t8-;;3-;;/m0.0../s1. The average molecular weight is 451 g/mol. The first-order valence-electron chi connectivity index (χ1n) is 7.86. The van der Waals surface area contributed by atoms with Crippen molar-refractivity contribution in [3.63, 3.8) is 0 Å². The summed E-state index contributed by atoms with van der Waals surface area (Å²) in [7, 11) is 1.55. The number of hydrogen-bond donors (Lipinski definition) is 4. The Hall–Kier alpha value is -1.34. The number of aliphatic hydroxyl groups excluding tert-OH is 2. The molecule has 12 heteroatoms. The Morgan fingerprint density at radius 2 is 1.29 bits per heavy atom. The van der Waals surface area contributed by atoms with Crippen LogP contribution in [-0.2, 0) is 28.7 Å². The van der Waals surface area contributed by atoms with Gasteiger partial charge in [-0.05, 0) is 20.8 Å². The number of methoxy groups -OCH3 is 1. The van der Waals surface area contributed by atoms with E-state index in [0.717, 1.165) is 0 Å². The zero-order valence-electron chi connectivity index (χ0n) is 16.6. The summed E-state index contributed by atoms with van der Waals surface area (Å²) in [4.78, 5) is 40.7. The third-order valence-corrected chi connectivity index (χ3v) is 2.38. The maximum Gasteiger partial charge on any atom is 0.306 e. The van der Waals surface area contributed by atoms with Gasteiger partial charge in [0.1, 0.15) is 12.4 Å². The highest BCUT2D eigenvalue weighted by Gasteiger charge is 2.07.